The van der Waals surface area contributed by atoms with E-state index in [0.717, 1.165) is 11.1 Å². The van der Waals surface area contributed by atoms with Crippen LogP contribution in [-0.2, 0) is 14.3 Å². The first-order valence-electron chi connectivity index (χ1n) is 13.5. The number of aliphatic hydroxyl groups excluding tert-OH is 3. The minimum Gasteiger partial charge on any atom is -0.481 e. The molecule has 8 atom stereocenters. The lowest BCUT2D eigenvalue weighted by Gasteiger charge is -2.43. The van der Waals surface area contributed by atoms with E-state index in [1.165, 1.54) is 0 Å². The van der Waals surface area contributed by atoms with Crippen molar-refractivity contribution in [3.05, 3.63) is 53.6 Å². The summed E-state index contributed by atoms with van der Waals surface area (Å²) in [4.78, 5) is 24.3. The summed E-state index contributed by atoms with van der Waals surface area (Å²) in [6.07, 6.45) is 3.75. The van der Waals surface area contributed by atoms with Crippen molar-refractivity contribution >= 4 is 11.9 Å². The van der Waals surface area contributed by atoms with Gasteiger partial charge in [0.25, 0.3) is 0 Å². The highest BCUT2D eigenvalue weighted by Gasteiger charge is 2.45. The second-order valence-electron chi connectivity index (χ2n) is 11.0. The third-order valence-electron chi connectivity index (χ3n) is 7.89. The molecular weight excluding hydrogens is 488 g/mol. The first-order chi connectivity index (χ1) is 17.9. The molecule has 0 aliphatic heterocycles. The van der Waals surface area contributed by atoms with E-state index in [4.69, 9.17) is 14.6 Å². The van der Waals surface area contributed by atoms with Gasteiger partial charge in [-0.15, -0.1) is 0 Å². The van der Waals surface area contributed by atoms with Gasteiger partial charge in [0.2, 0.25) is 5.60 Å². The Hall–Kier alpha value is -2.68. The minimum atomic E-state index is -1.20. The van der Waals surface area contributed by atoms with Gasteiger partial charge in [-0.3, -0.25) is 4.79 Å². The van der Waals surface area contributed by atoms with Gasteiger partial charge in [0.1, 0.15) is 11.9 Å². The van der Waals surface area contributed by atoms with Crippen LogP contribution < -0.4 is 4.74 Å². The number of esters is 1. The maximum atomic E-state index is 13.5. The number of aryl methyl sites for hydroxylation is 1. The summed E-state index contributed by atoms with van der Waals surface area (Å²) in [6.45, 7) is 7.63. The number of carboxylic acids is 1. The van der Waals surface area contributed by atoms with Gasteiger partial charge in [-0.25, -0.2) is 4.79 Å². The Morgan fingerprint density at radius 1 is 1.16 bits per heavy atom. The first-order valence-corrected chi connectivity index (χ1v) is 13.5. The van der Waals surface area contributed by atoms with Crippen LogP contribution in [0.3, 0.4) is 0 Å². The number of hydrogen-bond acceptors (Lipinski definition) is 7. The molecule has 8 nitrogen and oxygen atoms in total. The molecule has 8 unspecified atom stereocenters. The summed E-state index contributed by atoms with van der Waals surface area (Å²) < 4.78 is 12.2. The number of hydrogen-bond donors (Lipinski definition) is 4. The molecule has 2 aliphatic carbocycles. The number of carbonyl (C=O) groups is 2. The van der Waals surface area contributed by atoms with Gasteiger partial charge in [0, 0.05) is 12.3 Å². The number of carboxylic acid groups (broad SMARTS) is 1. The fraction of sp³-hybridized carbons (Fsp3) is 0.600. The Balaban J connectivity index is 1.74. The van der Waals surface area contributed by atoms with Crippen LogP contribution in [0.15, 0.2) is 48.1 Å². The molecule has 0 saturated carbocycles. The number of benzene rings is 1. The molecule has 38 heavy (non-hydrogen) atoms. The molecular formula is C30H42O8. The van der Waals surface area contributed by atoms with Gasteiger partial charge in [-0.05, 0) is 69.1 Å². The first kappa shape index (κ1) is 29.9. The second kappa shape index (κ2) is 12.9. The lowest BCUT2D eigenvalue weighted by Crippen LogP contribution is -2.48. The molecule has 0 radical (unpaired) electrons. The number of aliphatic hydroxyl groups is 3. The lowest BCUT2D eigenvalue weighted by atomic mass is 9.66. The predicted octanol–water partition coefficient (Wildman–Crippen LogP) is 3.95. The molecule has 3 rings (SSSR count). The molecule has 0 bridgehead atoms. The average Bonchev–Trinajstić information content (AvgIpc) is 2.84. The zero-order valence-electron chi connectivity index (χ0n) is 22.7. The number of ether oxygens (including phenoxy) is 2. The molecule has 1 aromatic rings. The monoisotopic (exact) mass is 530 g/mol. The molecule has 2 aliphatic rings. The SMILES string of the molecule is CCC(C)(Oc1ccc(C)cc1)C(=O)OC1CC(O)C=C2C=CC(C)C(CCC(O)CC(O)CC(=O)O)C21. The van der Waals surface area contributed by atoms with Crippen LogP contribution >= 0.6 is 0 Å². The predicted molar refractivity (Wildman–Crippen MR) is 142 cm³/mol. The summed E-state index contributed by atoms with van der Waals surface area (Å²) >= 11 is 0. The molecule has 0 amide bonds. The van der Waals surface area contributed by atoms with E-state index in [1.807, 2.05) is 44.2 Å². The zero-order chi connectivity index (χ0) is 28.0. The Labute approximate surface area is 225 Å². The number of allylic oxidation sites excluding steroid dienone is 2. The largest absolute Gasteiger partial charge is 0.481 e. The van der Waals surface area contributed by atoms with Crippen molar-refractivity contribution in [2.75, 3.05) is 0 Å². The topological polar surface area (TPSA) is 134 Å². The zero-order valence-corrected chi connectivity index (χ0v) is 22.7. The third-order valence-corrected chi connectivity index (χ3v) is 7.89. The third kappa shape index (κ3) is 7.68. The standard InChI is InChI=1S/C30H42O8/c1-5-30(4,38-24-11-6-18(2)7-12-24)29(36)37-26-16-22(32)14-20-9-8-19(3)25(28(20)26)13-10-21(31)15-23(33)17-27(34)35/h6-9,11-12,14,19,21-23,25-26,28,31-33H,5,10,13,15-17H2,1-4H3,(H,34,35). The van der Waals surface area contributed by atoms with Crippen molar-refractivity contribution in [3.63, 3.8) is 0 Å². The number of fused-ring (bicyclic) bond motifs is 1. The highest BCUT2D eigenvalue weighted by molar-refractivity contribution is 5.79. The molecule has 210 valence electrons. The van der Waals surface area contributed by atoms with Crippen molar-refractivity contribution in [1.29, 1.82) is 0 Å². The van der Waals surface area contributed by atoms with Crippen molar-refractivity contribution in [2.24, 2.45) is 17.8 Å². The van der Waals surface area contributed by atoms with Gasteiger partial charge >= 0.3 is 11.9 Å². The summed E-state index contributed by atoms with van der Waals surface area (Å²) in [5, 5.41) is 39.8. The Bertz CT molecular complexity index is 1020. The van der Waals surface area contributed by atoms with E-state index in [9.17, 15) is 24.9 Å². The second-order valence-corrected chi connectivity index (χ2v) is 11.0. The quantitative estimate of drug-likeness (QED) is 0.299. The summed E-state index contributed by atoms with van der Waals surface area (Å²) in [6, 6.07) is 7.48. The van der Waals surface area contributed by atoms with Gasteiger partial charge < -0.3 is 29.9 Å². The summed E-state index contributed by atoms with van der Waals surface area (Å²) in [5.41, 5.74) is 0.784. The van der Waals surface area contributed by atoms with Crippen LogP contribution in [0, 0.1) is 24.7 Å². The number of rotatable bonds is 12. The van der Waals surface area contributed by atoms with Crippen LogP contribution in [0.1, 0.15) is 64.9 Å². The van der Waals surface area contributed by atoms with Crippen molar-refractivity contribution in [3.8, 4) is 5.75 Å². The van der Waals surface area contributed by atoms with Crippen molar-refractivity contribution in [1.82, 2.24) is 0 Å². The molecule has 0 fully saturated rings. The minimum absolute atomic E-state index is 0.0149. The van der Waals surface area contributed by atoms with Gasteiger partial charge in [0.05, 0.1) is 24.7 Å². The van der Waals surface area contributed by atoms with Crippen LogP contribution in [0.2, 0.25) is 0 Å². The van der Waals surface area contributed by atoms with E-state index >= 15 is 0 Å². The maximum Gasteiger partial charge on any atom is 0.350 e. The van der Waals surface area contributed by atoms with E-state index in [-0.39, 0.29) is 30.6 Å². The molecule has 0 aromatic heterocycles. The van der Waals surface area contributed by atoms with Gasteiger partial charge in [0.15, 0.2) is 0 Å². The highest BCUT2D eigenvalue weighted by atomic mass is 16.6. The highest BCUT2D eigenvalue weighted by Crippen LogP contribution is 2.44. The number of aliphatic carboxylic acids is 1. The maximum absolute atomic E-state index is 13.5. The lowest BCUT2D eigenvalue weighted by molar-refractivity contribution is -0.172. The van der Waals surface area contributed by atoms with Gasteiger partial charge in [-0.2, -0.15) is 0 Å². The van der Waals surface area contributed by atoms with E-state index in [0.29, 0.717) is 25.0 Å². The van der Waals surface area contributed by atoms with Crippen LogP contribution in [0.25, 0.3) is 0 Å². The Kier molecular flexibility index (Phi) is 10.2. The molecule has 0 heterocycles. The van der Waals surface area contributed by atoms with E-state index in [1.54, 1.807) is 13.0 Å². The Morgan fingerprint density at radius 2 is 1.84 bits per heavy atom. The van der Waals surface area contributed by atoms with E-state index < -0.39 is 48.4 Å². The molecule has 8 heteroatoms. The summed E-state index contributed by atoms with van der Waals surface area (Å²) in [7, 11) is 0. The van der Waals surface area contributed by atoms with E-state index in [2.05, 4.69) is 13.0 Å². The molecule has 0 spiro atoms. The van der Waals surface area contributed by atoms with Crippen LogP contribution in [0.4, 0.5) is 0 Å². The van der Waals surface area contributed by atoms with Crippen LogP contribution in [0.5, 0.6) is 5.75 Å². The Morgan fingerprint density at radius 3 is 2.47 bits per heavy atom. The molecule has 0 saturated heterocycles. The average molecular weight is 531 g/mol. The molecule has 4 N–H and O–H groups in total. The smallest absolute Gasteiger partial charge is 0.350 e. The van der Waals surface area contributed by atoms with Crippen LogP contribution in [-0.4, -0.2) is 62.4 Å². The fourth-order valence-electron chi connectivity index (χ4n) is 5.48. The number of carbonyl (C=O) groups excluding carboxylic acids is 1. The fourth-order valence-corrected chi connectivity index (χ4v) is 5.48. The summed E-state index contributed by atoms with van der Waals surface area (Å²) in [5.74, 6) is -1.04. The van der Waals surface area contributed by atoms with Gasteiger partial charge in [-0.1, -0.05) is 49.8 Å². The van der Waals surface area contributed by atoms with Crippen molar-refractivity contribution < 1.29 is 39.5 Å². The molecule has 1 aromatic carbocycles. The normalized spacial score (nSPS) is 27.9. The van der Waals surface area contributed by atoms with Crippen molar-refractivity contribution in [2.45, 2.75) is 96.2 Å².